The molecule has 1 unspecified atom stereocenters. The van der Waals surface area contributed by atoms with E-state index in [1.807, 2.05) is 0 Å². The van der Waals surface area contributed by atoms with E-state index >= 15 is 0 Å². The summed E-state index contributed by atoms with van der Waals surface area (Å²) in [7, 11) is -5.33. The van der Waals surface area contributed by atoms with Crippen LogP contribution < -0.4 is 118 Å². The standard InChI is InChI=1S/C6H14NO8P.2K/c7-3-5(10)4(9)2(1-8)14-6(3)15-16(11,12)13;;/h2-6,8-10H,1,7H2,(H2,11,12,13);;/q;2*+1/p-2/t2-,3-,4-,5-,6?;;/m1../s1. The van der Waals surface area contributed by atoms with Crippen LogP contribution in [0.3, 0.4) is 0 Å². The normalized spacial score (nSPS) is 36.4. The van der Waals surface area contributed by atoms with Gasteiger partial charge in [0.1, 0.15) is 18.3 Å². The molecule has 0 aromatic heterocycles. The van der Waals surface area contributed by atoms with E-state index in [-0.39, 0.29) is 103 Å². The number of hydrogen-bond donors (Lipinski definition) is 4. The molecule has 9 nitrogen and oxygen atoms in total. The Kier molecular flexibility index (Phi) is 13.1. The number of phosphoric ester groups is 1. The van der Waals surface area contributed by atoms with E-state index in [0.29, 0.717) is 0 Å². The molecule has 1 rings (SSSR count). The molecule has 1 heterocycles. The summed E-state index contributed by atoms with van der Waals surface area (Å²) in [4.78, 5) is 20.7. The largest absolute Gasteiger partial charge is 1.00 e. The maximum absolute atomic E-state index is 10.3. The second kappa shape index (κ2) is 10.1. The molecule has 1 saturated heterocycles. The summed E-state index contributed by atoms with van der Waals surface area (Å²) in [5, 5.41) is 27.5. The first kappa shape index (κ1) is 23.4. The summed E-state index contributed by atoms with van der Waals surface area (Å²) >= 11 is 0. The Hall–Kier alpha value is 3.18. The van der Waals surface area contributed by atoms with Crippen LogP contribution in [0, 0.1) is 0 Å². The fraction of sp³-hybridized carbons (Fsp3) is 1.00. The minimum absolute atomic E-state index is 0. The molecule has 5 N–H and O–H groups in total. The van der Waals surface area contributed by atoms with E-state index < -0.39 is 45.1 Å². The molecule has 0 radical (unpaired) electrons. The smallest absolute Gasteiger partial charge is 0.790 e. The topological polar surface area (TPSA) is 168 Å². The van der Waals surface area contributed by atoms with Gasteiger partial charge in [-0.05, 0) is 0 Å². The first-order valence-corrected chi connectivity index (χ1v) is 5.81. The molecule has 12 heteroatoms. The van der Waals surface area contributed by atoms with Gasteiger partial charge in [0.2, 0.25) is 0 Å². The minimum atomic E-state index is -5.33. The van der Waals surface area contributed by atoms with E-state index in [9.17, 15) is 24.6 Å². The van der Waals surface area contributed by atoms with Gasteiger partial charge in [-0.15, -0.1) is 0 Å². The van der Waals surface area contributed by atoms with Crippen LogP contribution in [0.5, 0.6) is 0 Å². The predicted octanol–water partition coefficient (Wildman–Crippen LogP) is -10.4. The van der Waals surface area contributed by atoms with Gasteiger partial charge >= 0.3 is 103 Å². The Morgan fingerprint density at radius 1 is 1.28 bits per heavy atom. The van der Waals surface area contributed by atoms with Crippen LogP contribution in [-0.2, 0) is 13.8 Å². The van der Waals surface area contributed by atoms with Gasteiger partial charge < -0.3 is 44.7 Å². The summed E-state index contributed by atoms with van der Waals surface area (Å²) in [6.45, 7) is -0.688. The molecule has 0 aliphatic carbocycles. The zero-order chi connectivity index (χ0) is 12.5. The van der Waals surface area contributed by atoms with Crippen molar-refractivity contribution in [1.29, 1.82) is 0 Å². The van der Waals surface area contributed by atoms with Crippen LogP contribution in [-0.4, -0.2) is 52.6 Å². The van der Waals surface area contributed by atoms with Crippen molar-refractivity contribution < 1.29 is 142 Å². The molecule has 0 spiro atoms. The maximum Gasteiger partial charge on any atom is 1.00 e. The molecular weight excluding hydrogens is 323 g/mol. The third kappa shape index (κ3) is 6.96. The molecule has 1 aliphatic rings. The molecule has 0 aromatic rings. The second-order valence-corrected chi connectivity index (χ2v) is 4.44. The van der Waals surface area contributed by atoms with Crippen LogP contribution in [0.4, 0.5) is 0 Å². The van der Waals surface area contributed by atoms with Gasteiger partial charge in [-0.3, -0.25) is 0 Å². The van der Waals surface area contributed by atoms with Crippen LogP contribution in [0.25, 0.3) is 0 Å². The number of hydrogen-bond acceptors (Lipinski definition) is 9. The molecule has 1 fully saturated rings. The van der Waals surface area contributed by atoms with Gasteiger partial charge in [0.25, 0.3) is 0 Å². The van der Waals surface area contributed by atoms with Gasteiger partial charge in [0.15, 0.2) is 6.29 Å². The molecular formula is C6H12K2NO8P. The van der Waals surface area contributed by atoms with E-state index in [1.54, 1.807) is 0 Å². The van der Waals surface area contributed by atoms with Crippen molar-refractivity contribution in [2.75, 3.05) is 6.61 Å². The van der Waals surface area contributed by atoms with Gasteiger partial charge in [0.05, 0.1) is 20.5 Å². The van der Waals surface area contributed by atoms with E-state index in [1.165, 1.54) is 0 Å². The Balaban J connectivity index is 0. The van der Waals surface area contributed by atoms with Crippen LogP contribution >= 0.6 is 7.82 Å². The zero-order valence-electron chi connectivity index (χ0n) is 10.0. The summed E-state index contributed by atoms with van der Waals surface area (Å²) < 4.78 is 19.0. The van der Waals surface area contributed by atoms with Crippen LogP contribution in [0.1, 0.15) is 0 Å². The third-order valence-corrected chi connectivity index (χ3v) is 2.63. The molecule has 5 atom stereocenters. The Bertz CT molecular complexity index is 289. The van der Waals surface area contributed by atoms with Gasteiger partial charge in [0, 0.05) is 0 Å². The number of aliphatic hydroxyl groups excluding tert-OH is 3. The molecule has 0 amide bonds. The zero-order valence-corrected chi connectivity index (χ0v) is 17.1. The summed E-state index contributed by atoms with van der Waals surface area (Å²) in [6.07, 6.45) is -6.05. The molecule has 1 aliphatic heterocycles. The SMILES string of the molecule is N[C@H]1C(OP(=O)([O-])[O-])O[C@H](CO)[C@@H](O)[C@@H]1O.[K+].[K+]. The van der Waals surface area contributed by atoms with E-state index in [4.69, 9.17) is 15.6 Å². The van der Waals surface area contributed by atoms with Crippen molar-refractivity contribution >= 4 is 7.82 Å². The molecule has 18 heavy (non-hydrogen) atoms. The Labute approximate surface area is 188 Å². The third-order valence-electron chi connectivity index (χ3n) is 2.16. The van der Waals surface area contributed by atoms with Crippen molar-refractivity contribution in [1.82, 2.24) is 0 Å². The van der Waals surface area contributed by atoms with Gasteiger partial charge in [-0.25, -0.2) is 0 Å². The first-order valence-electron chi connectivity index (χ1n) is 4.34. The number of rotatable bonds is 3. The molecule has 96 valence electrons. The quantitative estimate of drug-likeness (QED) is 0.289. The van der Waals surface area contributed by atoms with Crippen LogP contribution in [0.2, 0.25) is 0 Å². The van der Waals surface area contributed by atoms with Crippen LogP contribution in [0.15, 0.2) is 0 Å². The molecule has 0 bridgehead atoms. The first-order chi connectivity index (χ1) is 7.26. The average Bonchev–Trinajstić information content (AvgIpc) is 2.17. The number of nitrogens with two attached hydrogens (primary N) is 1. The predicted molar refractivity (Wildman–Crippen MR) is 44.4 cm³/mol. The van der Waals surface area contributed by atoms with Crippen molar-refractivity contribution in [3.8, 4) is 0 Å². The summed E-state index contributed by atoms with van der Waals surface area (Å²) in [5.41, 5.74) is 5.30. The monoisotopic (exact) mass is 335 g/mol. The van der Waals surface area contributed by atoms with E-state index in [2.05, 4.69) is 4.52 Å². The van der Waals surface area contributed by atoms with Crippen molar-refractivity contribution in [3.05, 3.63) is 0 Å². The Morgan fingerprint density at radius 2 is 1.78 bits per heavy atom. The van der Waals surface area contributed by atoms with Crippen molar-refractivity contribution in [2.45, 2.75) is 30.6 Å². The fourth-order valence-corrected chi connectivity index (χ4v) is 1.77. The molecule has 0 aromatic carbocycles. The second-order valence-electron chi connectivity index (χ2n) is 3.34. The summed E-state index contributed by atoms with van der Waals surface area (Å²) in [5.74, 6) is 0. The average molecular weight is 335 g/mol. The van der Waals surface area contributed by atoms with E-state index in [0.717, 1.165) is 0 Å². The maximum atomic E-state index is 10.3. The Morgan fingerprint density at radius 3 is 2.17 bits per heavy atom. The van der Waals surface area contributed by atoms with Gasteiger partial charge in [-0.2, -0.15) is 0 Å². The number of aliphatic hydroxyl groups is 3. The molecule has 0 saturated carbocycles. The number of ether oxygens (including phenoxy) is 1. The minimum Gasteiger partial charge on any atom is -0.790 e. The number of phosphoric acid groups is 1. The summed E-state index contributed by atoms with van der Waals surface area (Å²) in [6, 6.07) is -1.41. The van der Waals surface area contributed by atoms with Crippen molar-refractivity contribution in [3.63, 3.8) is 0 Å². The van der Waals surface area contributed by atoms with Crippen molar-refractivity contribution in [2.24, 2.45) is 5.73 Å². The fourth-order valence-electron chi connectivity index (χ4n) is 1.33. The van der Waals surface area contributed by atoms with Gasteiger partial charge in [-0.1, -0.05) is 0 Å².